The molecule has 1 aromatic heterocycles. The maximum absolute atomic E-state index is 10.4. The van der Waals surface area contributed by atoms with Gasteiger partial charge in [0.15, 0.2) is 0 Å². The lowest BCUT2D eigenvalue weighted by atomic mass is 10.0. The molecule has 2 heterocycles. The number of hydrogen-bond acceptors (Lipinski definition) is 3. The van der Waals surface area contributed by atoms with Gasteiger partial charge in [-0.05, 0) is 43.8 Å². The van der Waals surface area contributed by atoms with Gasteiger partial charge < -0.3 is 5.11 Å². The second-order valence-corrected chi connectivity index (χ2v) is 5.54. The Morgan fingerprint density at radius 1 is 1.44 bits per heavy atom. The summed E-state index contributed by atoms with van der Waals surface area (Å²) in [5, 5.41) is 12.5. The topological polar surface area (TPSA) is 23.5 Å². The van der Waals surface area contributed by atoms with E-state index in [1.807, 2.05) is 17.5 Å². The molecule has 0 spiro atoms. The summed E-state index contributed by atoms with van der Waals surface area (Å²) in [6, 6.07) is 4.40. The van der Waals surface area contributed by atoms with Crippen molar-refractivity contribution in [1.29, 1.82) is 0 Å². The smallest absolute Gasteiger partial charge is 0.104 e. The molecule has 1 fully saturated rings. The third kappa shape index (κ3) is 2.65. The molecule has 0 aliphatic carbocycles. The Morgan fingerprint density at radius 3 is 2.75 bits per heavy atom. The van der Waals surface area contributed by atoms with Crippen molar-refractivity contribution >= 4 is 11.3 Å². The zero-order chi connectivity index (χ0) is 11.4. The SMILES string of the molecule is CCCC(C(O)c1cccs1)N1CCCC1. The fourth-order valence-electron chi connectivity index (χ4n) is 2.56. The molecule has 0 saturated carbocycles. The summed E-state index contributed by atoms with van der Waals surface area (Å²) in [6.45, 7) is 4.52. The molecule has 3 heteroatoms. The first-order chi connectivity index (χ1) is 7.83. The van der Waals surface area contributed by atoms with Gasteiger partial charge in [0.05, 0.1) is 0 Å². The molecule has 2 nitrogen and oxygen atoms in total. The molecule has 0 radical (unpaired) electrons. The Kier molecular flexibility index (Phi) is 4.38. The molecule has 2 unspecified atom stereocenters. The molecule has 2 atom stereocenters. The molecule has 90 valence electrons. The largest absolute Gasteiger partial charge is 0.386 e. The van der Waals surface area contributed by atoms with Crippen LogP contribution in [-0.2, 0) is 0 Å². The molecule has 0 amide bonds. The molecule has 1 aromatic rings. The van der Waals surface area contributed by atoms with Crippen molar-refractivity contribution in [3.63, 3.8) is 0 Å². The predicted molar refractivity (Wildman–Crippen MR) is 68.8 cm³/mol. The molecule has 0 bridgehead atoms. The highest BCUT2D eigenvalue weighted by molar-refractivity contribution is 7.10. The van der Waals surface area contributed by atoms with E-state index in [1.54, 1.807) is 11.3 Å². The van der Waals surface area contributed by atoms with Gasteiger partial charge in [0.2, 0.25) is 0 Å². The van der Waals surface area contributed by atoms with E-state index in [2.05, 4.69) is 11.8 Å². The normalized spacial score (nSPS) is 21.1. The van der Waals surface area contributed by atoms with E-state index in [4.69, 9.17) is 0 Å². The van der Waals surface area contributed by atoms with E-state index in [-0.39, 0.29) is 6.10 Å². The first kappa shape index (κ1) is 12.1. The Labute approximate surface area is 102 Å². The van der Waals surface area contributed by atoms with Crippen molar-refractivity contribution in [2.45, 2.75) is 44.8 Å². The maximum atomic E-state index is 10.4. The summed E-state index contributed by atoms with van der Waals surface area (Å²) in [7, 11) is 0. The highest BCUT2D eigenvalue weighted by Gasteiger charge is 2.28. The number of aliphatic hydroxyl groups excluding tert-OH is 1. The van der Waals surface area contributed by atoms with E-state index in [1.165, 1.54) is 12.8 Å². The third-order valence-electron chi connectivity index (χ3n) is 3.39. The number of thiophene rings is 1. The molecule has 2 rings (SSSR count). The quantitative estimate of drug-likeness (QED) is 0.853. The molecule has 0 aromatic carbocycles. The van der Waals surface area contributed by atoms with Gasteiger partial charge in [-0.15, -0.1) is 11.3 Å². The number of likely N-dealkylation sites (tertiary alicyclic amines) is 1. The molecule has 1 aliphatic rings. The van der Waals surface area contributed by atoms with Crippen LogP contribution in [0.5, 0.6) is 0 Å². The van der Waals surface area contributed by atoms with Crippen LogP contribution in [0.4, 0.5) is 0 Å². The van der Waals surface area contributed by atoms with E-state index >= 15 is 0 Å². The van der Waals surface area contributed by atoms with E-state index in [9.17, 15) is 5.11 Å². The molecule has 1 saturated heterocycles. The van der Waals surface area contributed by atoms with Crippen molar-refractivity contribution in [2.24, 2.45) is 0 Å². The van der Waals surface area contributed by atoms with Crippen molar-refractivity contribution in [3.8, 4) is 0 Å². The Bertz CT molecular complexity index is 293. The summed E-state index contributed by atoms with van der Waals surface area (Å²) >= 11 is 1.67. The molecular formula is C13H21NOS. The average molecular weight is 239 g/mol. The Hall–Kier alpha value is -0.380. The van der Waals surface area contributed by atoms with Crippen molar-refractivity contribution in [2.75, 3.05) is 13.1 Å². The van der Waals surface area contributed by atoms with Crippen LogP contribution in [0.15, 0.2) is 17.5 Å². The minimum Gasteiger partial charge on any atom is -0.386 e. The van der Waals surface area contributed by atoms with Crippen LogP contribution >= 0.6 is 11.3 Å². The van der Waals surface area contributed by atoms with Crippen LogP contribution in [0.1, 0.15) is 43.6 Å². The minimum atomic E-state index is -0.293. The van der Waals surface area contributed by atoms with E-state index in [0.29, 0.717) is 6.04 Å². The van der Waals surface area contributed by atoms with Crippen molar-refractivity contribution < 1.29 is 5.11 Å². The Morgan fingerprint density at radius 2 is 2.19 bits per heavy atom. The van der Waals surface area contributed by atoms with Crippen LogP contribution < -0.4 is 0 Å². The number of aliphatic hydroxyl groups is 1. The van der Waals surface area contributed by atoms with Gasteiger partial charge in [-0.25, -0.2) is 0 Å². The highest BCUT2D eigenvalue weighted by Crippen LogP contribution is 2.29. The van der Waals surface area contributed by atoms with Gasteiger partial charge in [0.25, 0.3) is 0 Å². The number of nitrogens with zero attached hydrogens (tertiary/aromatic N) is 1. The lowest BCUT2D eigenvalue weighted by Crippen LogP contribution is -2.37. The van der Waals surface area contributed by atoms with Gasteiger partial charge in [-0.2, -0.15) is 0 Å². The van der Waals surface area contributed by atoms with Gasteiger partial charge in [0.1, 0.15) is 6.10 Å². The average Bonchev–Trinajstić information content (AvgIpc) is 2.96. The van der Waals surface area contributed by atoms with Gasteiger partial charge in [-0.3, -0.25) is 4.90 Å². The second kappa shape index (κ2) is 5.80. The van der Waals surface area contributed by atoms with E-state index < -0.39 is 0 Å². The monoisotopic (exact) mass is 239 g/mol. The molecule has 16 heavy (non-hydrogen) atoms. The molecular weight excluding hydrogens is 218 g/mol. The van der Waals surface area contributed by atoms with E-state index in [0.717, 1.165) is 30.8 Å². The summed E-state index contributed by atoms with van der Waals surface area (Å²) in [5.41, 5.74) is 0. The van der Waals surface area contributed by atoms with Crippen LogP contribution in [0.3, 0.4) is 0 Å². The summed E-state index contributed by atoms with van der Waals surface area (Å²) in [6.07, 6.45) is 4.52. The van der Waals surface area contributed by atoms with Crippen molar-refractivity contribution in [3.05, 3.63) is 22.4 Å². The number of rotatable bonds is 5. The standard InChI is InChI=1S/C13H21NOS/c1-2-6-11(14-8-3-4-9-14)13(15)12-7-5-10-16-12/h5,7,10-11,13,15H,2-4,6,8-9H2,1H3. The molecule has 1 N–H and O–H groups in total. The second-order valence-electron chi connectivity index (χ2n) is 4.56. The predicted octanol–water partition coefficient (Wildman–Crippen LogP) is 3.05. The minimum absolute atomic E-state index is 0.293. The fraction of sp³-hybridized carbons (Fsp3) is 0.692. The first-order valence-corrected chi connectivity index (χ1v) is 7.16. The maximum Gasteiger partial charge on any atom is 0.104 e. The zero-order valence-corrected chi connectivity index (χ0v) is 10.7. The van der Waals surface area contributed by atoms with Crippen LogP contribution in [0.25, 0.3) is 0 Å². The lowest BCUT2D eigenvalue weighted by Gasteiger charge is -2.31. The number of hydrogen-bond donors (Lipinski definition) is 1. The fourth-order valence-corrected chi connectivity index (χ4v) is 3.33. The van der Waals surface area contributed by atoms with Crippen LogP contribution in [0.2, 0.25) is 0 Å². The summed E-state index contributed by atoms with van der Waals surface area (Å²) in [4.78, 5) is 3.58. The van der Waals surface area contributed by atoms with Gasteiger partial charge >= 0.3 is 0 Å². The first-order valence-electron chi connectivity index (χ1n) is 6.28. The van der Waals surface area contributed by atoms with Crippen LogP contribution in [0, 0.1) is 0 Å². The third-order valence-corrected chi connectivity index (χ3v) is 4.34. The van der Waals surface area contributed by atoms with Crippen LogP contribution in [-0.4, -0.2) is 29.1 Å². The molecule has 1 aliphatic heterocycles. The van der Waals surface area contributed by atoms with Crippen molar-refractivity contribution in [1.82, 2.24) is 4.90 Å². The summed E-state index contributed by atoms with van der Waals surface area (Å²) in [5.74, 6) is 0. The zero-order valence-electron chi connectivity index (χ0n) is 9.93. The Balaban J connectivity index is 2.05. The highest BCUT2D eigenvalue weighted by atomic mass is 32.1. The summed E-state index contributed by atoms with van der Waals surface area (Å²) < 4.78 is 0. The van der Waals surface area contributed by atoms with Gasteiger partial charge in [0, 0.05) is 10.9 Å². The lowest BCUT2D eigenvalue weighted by molar-refractivity contribution is 0.0583. The van der Waals surface area contributed by atoms with Gasteiger partial charge in [-0.1, -0.05) is 19.4 Å².